The summed E-state index contributed by atoms with van der Waals surface area (Å²) in [6, 6.07) is 10.4. The Morgan fingerprint density at radius 2 is 1.95 bits per heavy atom. The Balaban J connectivity index is 1.91. The maximum atomic E-state index is 13.0. The first-order chi connectivity index (χ1) is 9.54. The van der Waals surface area contributed by atoms with Crippen LogP contribution < -0.4 is 10.1 Å². The van der Waals surface area contributed by atoms with Crippen molar-refractivity contribution in [2.75, 3.05) is 11.9 Å². The summed E-state index contributed by atoms with van der Waals surface area (Å²) in [6.07, 6.45) is 0. The van der Waals surface area contributed by atoms with Gasteiger partial charge in [-0.3, -0.25) is 4.79 Å². The number of nitrogens with one attached hydrogen (secondary N) is 1. The Morgan fingerprint density at radius 1 is 1.15 bits per heavy atom. The number of carbonyl (C=O) groups excluding carboxylic acids is 1. The van der Waals surface area contributed by atoms with Crippen LogP contribution in [0.15, 0.2) is 42.5 Å². The van der Waals surface area contributed by atoms with Gasteiger partial charge in [0.1, 0.15) is 5.75 Å². The maximum Gasteiger partial charge on any atom is 0.262 e. The third kappa shape index (κ3) is 4.16. The molecule has 0 spiro atoms. The van der Waals surface area contributed by atoms with Gasteiger partial charge in [-0.1, -0.05) is 6.07 Å². The van der Waals surface area contributed by atoms with Crippen LogP contribution in [0, 0.1) is 15.2 Å². The molecular weight excluding hydrogens is 379 g/mol. The first kappa shape index (κ1) is 14.7. The van der Waals surface area contributed by atoms with Crippen LogP contribution >= 0.6 is 22.6 Å². The summed E-state index contributed by atoms with van der Waals surface area (Å²) in [5, 5.41) is 2.42. The molecule has 3 nitrogen and oxygen atoms in total. The zero-order chi connectivity index (χ0) is 14.5. The van der Waals surface area contributed by atoms with Crippen LogP contribution in [0.3, 0.4) is 0 Å². The first-order valence-electron chi connectivity index (χ1n) is 5.68. The smallest absolute Gasteiger partial charge is 0.262 e. The summed E-state index contributed by atoms with van der Waals surface area (Å²) in [5.41, 5.74) is 0.181. The highest BCUT2D eigenvalue weighted by Crippen LogP contribution is 2.15. The molecule has 2 aromatic carbocycles. The predicted molar refractivity (Wildman–Crippen MR) is 79.6 cm³/mol. The van der Waals surface area contributed by atoms with Gasteiger partial charge in [0, 0.05) is 15.3 Å². The largest absolute Gasteiger partial charge is 0.484 e. The monoisotopic (exact) mass is 389 g/mol. The van der Waals surface area contributed by atoms with E-state index < -0.39 is 17.5 Å². The van der Waals surface area contributed by atoms with Crippen LogP contribution in [0.5, 0.6) is 5.75 Å². The van der Waals surface area contributed by atoms with Gasteiger partial charge in [-0.15, -0.1) is 0 Å². The van der Waals surface area contributed by atoms with Crippen molar-refractivity contribution in [2.24, 2.45) is 0 Å². The number of hydrogen-bond donors (Lipinski definition) is 1. The quantitative estimate of drug-likeness (QED) is 0.812. The minimum absolute atomic E-state index is 0.181. The molecule has 1 N–H and O–H groups in total. The molecule has 0 atom stereocenters. The Hall–Kier alpha value is -1.70. The van der Waals surface area contributed by atoms with Gasteiger partial charge in [-0.25, -0.2) is 8.78 Å². The minimum atomic E-state index is -1.01. The molecule has 1 amide bonds. The molecular formula is C14H10F2INO2. The molecule has 104 valence electrons. The lowest BCUT2D eigenvalue weighted by molar-refractivity contribution is -0.118. The van der Waals surface area contributed by atoms with E-state index in [1.807, 2.05) is 12.1 Å². The van der Waals surface area contributed by atoms with E-state index in [1.54, 1.807) is 12.1 Å². The zero-order valence-corrected chi connectivity index (χ0v) is 12.4. The first-order valence-corrected chi connectivity index (χ1v) is 6.76. The number of halogens is 3. The molecule has 0 saturated heterocycles. The second-order valence-corrected chi connectivity index (χ2v) is 5.17. The number of carbonyl (C=O) groups is 1. The van der Waals surface area contributed by atoms with Crippen molar-refractivity contribution in [2.45, 2.75) is 0 Å². The van der Waals surface area contributed by atoms with Crippen molar-refractivity contribution in [1.29, 1.82) is 0 Å². The highest BCUT2D eigenvalue weighted by molar-refractivity contribution is 14.1. The summed E-state index contributed by atoms with van der Waals surface area (Å²) >= 11 is 2.13. The number of rotatable bonds is 4. The highest BCUT2D eigenvalue weighted by atomic mass is 127. The Kier molecular flexibility index (Phi) is 4.89. The van der Waals surface area contributed by atoms with E-state index in [0.29, 0.717) is 5.75 Å². The van der Waals surface area contributed by atoms with Crippen molar-refractivity contribution in [3.63, 3.8) is 0 Å². The van der Waals surface area contributed by atoms with Crippen LogP contribution in [0.2, 0.25) is 0 Å². The van der Waals surface area contributed by atoms with Gasteiger partial charge >= 0.3 is 0 Å². The fourth-order valence-electron chi connectivity index (χ4n) is 1.48. The van der Waals surface area contributed by atoms with E-state index in [0.717, 1.165) is 15.7 Å². The third-order valence-electron chi connectivity index (χ3n) is 2.37. The molecule has 0 radical (unpaired) electrons. The molecule has 0 fully saturated rings. The number of amides is 1. The molecule has 0 unspecified atom stereocenters. The van der Waals surface area contributed by atoms with Gasteiger partial charge in [-0.05, 0) is 52.9 Å². The van der Waals surface area contributed by atoms with E-state index >= 15 is 0 Å². The van der Waals surface area contributed by atoms with Crippen molar-refractivity contribution < 1.29 is 18.3 Å². The molecule has 0 aliphatic heterocycles. The van der Waals surface area contributed by atoms with E-state index in [4.69, 9.17) is 4.74 Å². The molecule has 0 aliphatic rings. The average Bonchev–Trinajstić information content (AvgIpc) is 2.41. The van der Waals surface area contributed by atoms with Crippen LogP contribution in [0.4, 0.5) is 14.5 Å². The highest BCUT2D eigenvalue weighted by Gasteiger charge is 2.07. The third-order valence-corrected chi connectivity index (χ3v) is 3.04. The standard InChI is InChI=1S/C14H10F2INO2/c15-12-5-4-10(7-13(12)16)18-14(19)8-20-11-3-1-2-9(17)6-11/h1-7H,8H2,(H,18,19). The zero-order valence-electron chi connectivity index (χ0n) is 10.2. The summed E-state index contributed by atoms with van der Waals surface area (Å²) in [7, 11) is 0. The number of benzene rings is 2. The molecule has 0 saturated carbocycles. The Labute approximate surface area is 128 Å². The van der Waals surface area contributed by atoms with Gasteiger partial charge in [0.25, 0.3) is 5.91 Å². The average molecular weight is 389 g/mol. The second-order valence-electron chi connectivity index (χ2n) is 3.92. The van der Waals surface area contributed by atoms with Gasteiger partial charge in [0.2, 0.25) is 0 Å². The van der Waals surface area contributed by atoms with Crippen molar-refractivity contribution in [1.82, 2.24) is 0 Å². The lowest BCUT2D eigenvalue weighted by Crippen LogP contribution is -2.20. The van der Waals surface area contributed by atoms with E-state index in [2.05, 4.69) is 27.9 Å². The molecule has 0 aromatic heterocycles. The summed E-state index contributed by atoms with van der Waals surface area (Å²) in [4.78, 5) is 11.6. The SMILES string of the molecule is O=C(COc1cccc(I)c1)Nc1ccc(F)c(F)c1. The summed E-state index contributed by atoms with van der Waals surface area (Å²) in [6.45, 7) is -0.209. The molecule has 0 aliphatic carbocycles. The van der Waals surface area contributed by atoms with Crippen LogP contribution in [0.1, 0.15) is 0 Å². The van der Waals surface area contributed by atoms with Gasteiger partial charge < -0.3 is 10.1 Å². The molecule has 2 aromatic rings. The topological polar surface area (TPSA) is 38.3 Å². The lowest BCUT2D eigenvalue weighted by Gasteiger charge is -2.08. The van der Waals surface area contributed by atoms with Crippen LogP contribution in [0.25, 0.3) is 0 Å². The van der Waals surface area contributed by atoms with E-state index in [1.165, 1.54) is 6.07 Å². The number of ether oxygens (including phenoxy) is 1. The molecule has 20 heavy (non-hydrogen) atoms. The Bertz CT molecular complexity index is 634. The van der Waals surface area contributed by atoms with Gasteiger partial charge in [-0.2, -0.15) is 0 Å². The van der Waals surface area contributed by atoms with Crippen LogP contribution in [-0.4, -0.2) is 12.5 Å². The van der Waals surface area contributed by atoms with E-state index in [9.17, 15) is 13.6 Å². The fraction of sp³-hybridized carbons (Fsp3) is 0.0714. The van der Waals surface area contributed by atoms with Crippen LogP contribution in [-0.2, 0) is 4.79 Å². The normalized spacial score (nSPS) is 10.2. The molecule has 0 heterocycles. The lowest BCUT2D eigenvalue weighted by atomic mass is 10.3. The second kappa shape index (κ2) is 6.65. The summed E-state index contributed by atoms with van der Waals surface area (Å²) in [5.74, 6) is -1.85. The molecule has 0 bridgehead atoms. The summed E-state index contributed by atoms with van der Waals surface area (Å²) < 4.78 is 32.0. The van der Waals surface area contributed by atoms with Crippen molar-refractivity contribution in [3.05, 3.63) is 57.7 Å². The minimum Gasteiger partial charge on any atom is -0.484 e. The van der Waals surface area contributed by atoms with Gasteiger partial charge in [0.05, 0.1) is 0 Å². The fourth-order valence-corrected chi connectivity index (χ4v) is 1.99. The predicted octanol–water partition coefficient (Wildman–Crippen LogP) is 3.59. The molecule has 6 heteroatoms. The number of hydrogen-bond acceptors (Lipinski definition) is 2. The Morgan fingerprint density at radius 3 is 2.65 bits per heavy atom. The number of anilines is 1. The maximum absolute atomic E-state index is 13.0. The van der Waals surface area contributed by atoms with Gasteiger partial charge in [0.15, 0.2) is 18.2 Å². The van der Waals surface area contributed by atoms with E-state index in [-0.39, 0.29) is 12.3 Å². The van der Waals surface area contributed by atoms with Crippen molar-refractivity contribution in [3.8, 4) is 5.75 Å². The van der Waals surface area contributed by atoms with Crippen molar-refractivity contribution >= 4 is 34.2 Å². The molecule has 2 rings (SSSR count).